The summed E-state index contributed by atoms with van der Waals surface area (Å²) in [5, 5.41) is 0. The van der Waals surface area contributed by atoms with Crippen molar-refractivity contribution in [3.63, 3.8) is 0 Å². The van der Waals surface area contributed by atoms with Crippen molar-refractivity contribution in [3.05, 3.63) is 11.1 Å². The molecule has 0 heterocycles. The van der Waals surface area contributed by atoms with Gasteiger partial charge in [0.1, 0.15) is 6.10 Å². The molecule has 0 spiro atoms. The highest BCUT2D eigenvalue weighted by Crippen LogP contribution is 2.72. The van der Waals surface area contributed by atoms with E-state index in [9.17, 15) is 4.79 Å². The van der Waals surface area contributed by atoms with Crippen molar-refractivity contribution >= 4 is 28.6 Å². The van der Waals surface area contributed by atoms with Gasteiger partial charge in [-0.2, -0.15) is 0 Å². The minimum absolute atomic E-state index is 0.0466. The van der Waals surface area contributed by atoms with Crippen LogP contribution in [0.1, 0.15) is 113 Å². The Morgan fingerprint density at radius 3 is 2.41 bits per heavy atom. The van der Waals surface area contributed by atoms with E-state index in [1.807, 2.05) is 11.1 Å². The van der Waals surface area contributed by atoms with Gasteiger partial charge in [0.15, 0.2) is 0 Å². The zero-order valence-electron chi connectivity index (χ0n) is 21.8. The van der Waals surface area contributed by atoms with Crippen LogP contribution in [0.2, 0.25) is 0 Å². The average Bonchev–Trinajstić information content (AvgIpc) is 3.00. The van der Waals surface area contributed by atoms with Crippen LogP contribution in [0, 0.1) is 39.4 Å². The summed E-state index contributed by atoms with van der Waals surface area (Å²) in [6.45, 7) is 16.8. The molecule has 182 valence electrons. The molecule has 7 atom stereocenters. The third-order valence-corrected chi connectivity index (χ3v) is 12.3. The highest BCUT2D eigenvalue weighted by Gasteiger charge is 2.63. The van der Waals surface area contributed by atoms with Crippen LogP contribution in [0.3, 0.4) is 0 Å². The predicted molar refractivity (Wildman–Crippen MR) is 142 cm³/mol. The lowest BCUT2D eigenvalue weighted by atomic mass is 9.43. The normalized spacial score (nSPS) is 43.8. The molecular formula is C29H47IO2. The fourth-order valence-corrected chi connectivity index (χ4v) is 10.1. The van der Waals surface area contributed by atoms with Crippen molar-refractivity contribution in [1.29, 1.82) is 0 Å². The topological polar surface area (TPSA) is 26.3 Å². The van der Waals surface area contributed by atoms with Gasteiger partial charge in [-0.1, -0.05) is 75.3 Å². The maximum Gasteiger partial charge on any atom is 0.302 e. The van der Waals surface area contributed by atoms with E-state index in [4.69, 9.17) is 4.74 Å². The van der Waals surface area contributed by atoms with E-state index in [1.54, 1.807) is 6.92 Å². The highest BCUT2D eigenvalue weighted by molar-refractivity contribution is 14.1. The predicted octanol–water partition coefficient (Wildman–Crippen LogP) is 8.52. The smallest absolute Gasteiger partial charge is 0.302 e. The van der Waals surface area contributed by atoms with Gasteiger partial charge in [-0.3, -0.25) is 4.79 Å². The summed E-state index contributed by atoms with van der Waals surface area (Å²) in [7, 11) is 0. The Kier molecular flexibility index (Phi) is 6.70. The second-order valence-corrected chi connectivity index (χ2v) is 14.2. The molecule has 0 amide bonds. The van der Waals surface area contributed by atoms with E-state index >= 15 is 0 Å². The Morgan fingerprint density at radius 1 is 1.03 bits per heavy atom. The quantitative estimate of drug-likeness (QED) is 0.147. The molecule has 4 rings (SSSR count). The molecule has 0 aliphatic heterocycles. The summed E-state index contributed by atoms with van der Waals surface area (Å²) >= 11 is 2.55. The van der Waals surface area contributed by atoms with Crippen molar-refractivity contribution in [2.24, 2.45) is 39.4 Å². The average molecular weight is 555 g/mol. The second-order valence-electron chi connectivity index (χ2n) is 13.1. The number of hydrogen-bond acceptors (Lipinski definition) is 2. The third-order valence-electron chi connectivity index (χ3n) is 11.5. The van der Waals surface area contributed by atoms with Crippen molar-refractivity contribution in [3.8, 4) is 0 Å². The Bertz CT molecular complexity index is 784. The number of allylic oxidation sites excluding steroid dienone is 2. The highest BCUT2D eigenvalue weighted by atomic mass is 127. The van der Waals surface area contributed by atoms with Crippen LogP contribution in [0.25, 0.3) is 0 Å². The van der Waals surface area contributed by atoms with Crippen LogP contribution < -0.4 is 0 Å². The Hall–Kier alpha value is -0.0600. The molecule has 3 heteroatoms. The van der Waals surface area contributed by atoms with Crippen LogP contribution in [-0.4, -0.2) is 16.5 Å². The maximum absolute atomic E-state index is 11.8. The van der Waals surface area contributed by atoms with Gasteiger partial charge in [-0.25, -0.2) is 0 Å². The van der Waals surface area contributed by atoms with Gasteiger partial charge in [0.25, 0.3) is 0 Å². The van der Waals surface area contributed by atoms with Gasteiger partial charge in [0, 0.05) is 12.3 Å². The van der Waals surface area contributed by atoms with Crippen LogP contribution in [0.5, 0.6) is 0 Å². The number of esters is 1. The first-order valence-corrected chi connectivity index (χ1v) is 14.9. The van der Waals surface area contributed by atoms with Crippen molar-refractivity contribution in [2.45, 2.75) is 119 Å². The zero-order chi connectivity index (χ0) is 23.5. The number of alkyl halides is 1. The molecule has 0 radical (unpaired) electrons. The summed E-state index contributed by atoms with van der Waals surface area (Å²) in [5.74, 6) is 2.23. The van der Waals surface area contributed by atoms with E-state index in [-0.39, 0.29) is 22.9 Å². The van der Waals surface area contributed by atoms with Crippen molar-refractivity contribution < 1.29 is 9.53 Å². The number of fused-ring (bicyclic) bond motifs is 4. The van der Waals surface area contributed by atoms with Crippen LogP contribution in [0.15, 0.2) is 11.1 Å². The Morgan fingerprint density at radius 2 is 1.75 bits per heavy atom. The van der Waals surface area contributed by atoms with E-state index in [0.29, 0.717) is 16.7 Å². The number of ether oxygens (including phenoxy) is 1. The summed E-state index contributed by atoms with van der Waals surface area (Å²) in [6, 6.07) is 0. The molecule has 0 bridgehead atoms. The number of carbonyl (C=O) groups excluding carboxylic acids is 1. The van der Waals surface area contributed by atoms with E-state index in [1.165, 1.54) is 62.2 Å². The van der Waals surface area contributed by atoms with Gasteiger partial charge in [0.2, 0.25) is 0 Å². The van der Waals surface area contributed by atoms with Crippen molar-refractivity contribution in [1.82, 2.24) is 0 Å². The summed E-state index contributed by atoms with van der Waals surface area (Å²) in [4.78, 5) is 11.8. The van der Waals surface area contributed by atoms with E-state index < -0.39 is 0 Å². The number of carbonyl (C=O) groups is 1. The molecule has 4 aliphatic rings. The molecule has 0 aromatic heterocycles. The minimum atomic E-state index is -0.114. The largest absolute Gasteiger partial charge is 0.462 e. The first-order valence-electron chi connectivity index (χ1n) is 13.4. The molecule has 32 heavy (non-hydrogen) atoms. The zero-order valence-corrected chi connectivity index (χ0v) is 23.9. The van der Waals surface area contributed by atoms with Gasteiger partial charge < -0.3 is 4.74 Å². The Balaban J connectivity index is 1.67. The monoisotopic (exact) mass is 554 g/mol. The molecular weight excluding hydrogens is 507 g/mol. The van der Waals surface area contributed by atoms with E-state index in [2.05, 4.69) is 64.1 Å². The molecule has 2 nitrogen and oxygen atoms in total. The lowest BCUT2D eigenvalue weighted by Gasteiger charge is -2.62. The van der Waals surface area contributed by atoms with Gasteiger partial charge in [-0.05, 0) is 103 Å². The summed E-state index contributed by atoms with van der Waals surface area (Å²) < 4.78 is 7.15. The SMILES string of the molecule is CC(=O)O[C@H]1CC[C@]2(C)C3=C(CC[C@H]2C1(C)C)[C@]1(C)CC[C@H]([C@H](C)CCCI)[C@@]1(C)CC3. The number of hydrogen-bond donors (Lipinski definition) is 0. The van der Waals surface area contributed by atoms with Crippen LogP contribution >= 0.6 is 22.6 Å². The van der Waals surface area contributed by atoms with Crippen LogP contribution in [-0.2, 0) is 9.53 Å². The first-order chi connectivity index (χ1) is 14.9. The van der Waals surface area contributed by atoms with E-state index in [0.717, 1.165) is 18.3 Å². The summed E-state index contributed by atoms with van der Waals surface area (Å²) in [5.41, 5.74) is 4.88. The first kappa shape index (κ1) is 25.0. The second kappa shape index (κ2) is 8.55. The van der Waals surface area contributed by atoms with Crippen LogP contribution in [0.4, 0.5) is 0 Å². The number of rotatable bonds is 5. The molecule has 0 aromatic rings. The van der Waals surface area contributed by atoms with Gasteiger partial charge in [0.05, 0.1) is 0 Å². The molecule has 0 N–H and O–H groups in total. The molecule has 2 fully saturated rings. The minimum Gasteiger partial charge on any atom is -0.462 e. The lowest BCUT2D eigenvalue weighted by Crippen LogP contribution is -2.55. The van der Waals surface area contributed by atoms with Gasteiger partial charge in [-0.15, -0.1) is 0 Å². The molecule has 0 unspecified atom stereocenters. The fraction of sp³-hybridized carbons (Fsp3) is 0.897. The maximum atomic E-state index is 11.8. The van der Waals surface area contributed by atoms with Crippen molar-refractivity contribution in [2.75, 3.05) is 4.43 Å². The fourth-order valence-electron chi connectivity index (χ4n) is 9.63. The molecule has 0 aromatic carbocycles. The Labute approximate surface area is 211 Å². The number of halogens is 1. The lowest BCUT2D eigenvalue weighted by molar-refractivity contribution is -0.167. The molecule has 2 saturated carbocycles. The molecule has 4 aliphatic carbocycles. The standard InChI is InChI=1S/C29H47IO2/c1-19(9-8-18-30)21-12-16-29(7)23-10-11-24-26(3,4)25(32-20(2)31)14-15-27(24,5)22(23)13-17-28(21,29)6/h19,21,24-25H,8-18H2,1-7H3/t19-,21-,24+,25+,27-,28-,29+/m1/s1. The molecule has 0 saturated heterocycles. The van der Waals surface area contributed by atoms with Gasteiger partial charge >= 0.3 is 5.97 Å². The third kappa shape index (κ3) is 3.56. The summed E-state index contributed by atoms with van der Waals surface area (Å²) in [6.07, 6.45) is 13.1.